The van der Waals surface area contributed by atoms with E-state index in [1.807, 2.05) is 26.0 Å². The maximum atomic E-state index is 11.6. The number of aliphatic carboxylic acids is 1. The summed E-state index contributed by atoms with van der Waals surface area (Å²) >= 11 is 0. The van der Waals surface area contributed by atoms with Crippen LogP contribution in [0.4, 0.5) is 5.69 Å². The van der Waals surface area contributed by atoms with Crippen molar-refractivity contribution in [1.29, 1.82) is 0 Å². The van der Waals surface area contributed by atoms with E-state index in [0.717, 1.165) is 24.1 Å². The molecule has 1 N–H and O–H groups in total. The fourth-order valence-electron chi connectivity index (χ4n) is 2.66. The van der Waals surface area contributed by atoms with Crippen molar-refractivity contribution in [2.24, 2.45) is 5.41 Å². The number of anilines is 1. The Morgan fingerprint density at radius 3 is 2.75 bits per heavy atom. The molecule has 0 aliphatic carbocycles. The molecule has 1 amide bonds. The Balaban J connectivity index is 2.04. The number of fused-ring (bicyclic) bond motifs is 1. The van der Waals surface area contributed by atoms with Gasteiger partial charge in [0.15, 0.2) is 0 Å². The number of aryl methyl sites for hydroxylation is 1. The van der Waals surface area contributed by atoms with Gasteiger partial charge in [0.25, 0.3) is 0 Å². The fraction of sp³-hybridized carbons (Fsp3) is 0.500. The molecule has 1 heterocycles. The zero-order chi connectivity index (χ0) is 14.9. The number of amides is 1. The molecule has 0 aromatic heterocycles. The second-order valence-electron chi connectivity index (χ2n) is 6.33. The lowest BCUT2D eigenvalue weighted by Crippen LogP contribution is -2.20. The molecule has 0 atom stereocenters. The first-order chi connectivity index (χ1) is 9.28. The van der Waals surface area contributed by atoms with Crippen LogP contribution in [0.15, 0.2) is 18.2 Å². The van der Waals surface area contributed by atoms with Crippen molar-refractivity contribution in [3.8, 4) is 0 Å². The van der Waals surface area contributed by atoms with Gasteiger partial charge in [-0.25, -0.2) is 0 Å². The van der Waals surface area contributed by atoms with Crippen LogP contribution in [0.3, 0.4) is 0 Å². The summed E-state index contributed by atoms with van der Waals surface area (Å²) in [7, 11) is 1.80. The van der Waals surface area contributed by atoms with Gasteiger partial charge in [0, 0.05) is 12.7 Å². The minimum atomic E-state index is -0.754. The molecule has 108 valence electrons. The summed E-state index contributed by atoms with van der Waals surface area (Å²) < 4.78 is 0. The summed E-state index contributed by atoms with van der Waals surface area (Å²) in [6.45, 7) is 3.96. The maximum absolute atomic E-state index is 11.6. The Bertz CT molecular complexity index is 549. The van der Waals surface area contributed by atoms with Crippen LogP contribution in [-0.4, -0.2) is 24.0 Å². The van der Waals surface area contributed by atoms with E-state index >= 15 is 0 Å². The summed E-state index contributed by atoms with van der Waals surface area (Å²) in [5.74, 6) is -0.625. The molecule has 4 nitrogen and oxygen atoms in total. The smallest absolute Gasteiger partial charge is 0.303 e. The van der Waals surface area contributed by atoms with Gasteiger partial charge in [-0.15, -0.1) is 0 Å². The molecule has 20 heavy (non-hydrogen) atoms. The Hall–Kier alpha value is -1.84. The van der Waals surface area contributed by atoms with Gasteiger partial charge in [0.05, 0.1) is 12.8 Å². The number of nitrogens with zero attached hydrogens (tertiary/aromatic N) is 1. The van der Waals surface area contributed by atoms with Crippen molar-refractivity contribution < 1.29 is 14.7 Å². The van der Waals surface area contributed by atoms with Gasteiger partial charge in [0.1, 0.15) is 0 Å². The quantitative estimate of drug-likeness (QED) is 0.898. The highest BCUT2D eigenvalue weighted by Gasteiger charge is 2.25. The number of carboxylic acid groups (broad SMARTS) is 1. The van der Waals surface area contributed by atoms with Crippen LogP contribution in [-0.2, 0) is 22.4 Å². The highest BCUT2D eigenvalue weighted by Crippen LogP contribution is 2.31. The third-order valence-electron chi connectivity index (χ3n) is 3.94. The summed E-state index contributed by atoms with van der Waals surface area (Å²) in [6, 6.07) is 6.10. The molecule has 0 fully saturated rings. The van der Waals surface area contributed by atoms with E-state index in [1.165, 1.54) is 5.56 Å². The maximum Gasteiger partial charge on any atom is 0.303 e. The summed E-state index contributed by atoms with van der Waals surface area (Å²) in [5, 5.41) is 8.89. The number of benzene rings is 1. The number of rotatable bonds is 5. The normalized spacial score (nSPS) is 14.6. The lowest BCUT2D eigenvalue weighted by molar-refractivity contribution is -0.139. The third-order valence-corrected chi connectivity index (χ3v) is 3.94. The Morgan fingerprint density at radius 1 is 1.40 bits per heavy atom. The average Bonchev–Trinajstić information content (AvgIpc) is 2.61. The fourth-order valence-corrected chi connectivity index (χ4v) is 2.66. The van der Waals surface area contributed by atoms with Crippen molar-refractivity contribution in [3.63, 3.8) is 0 Å². The Kier molecular flexibility index (Phi) is 3.84. The lowest BCUT2D eigenvalue weighted by atomic mass is 9.83. The molecule has 1 aromatic carbocycles. The van der Waals surface area contributed by atoms with E-state index in [-0.39, 0.29) is 17.7 Å². The van der Waals surface area contributed by atoms with E-state index in [2.05, 4.69) is 6.07 Å². The topological polar surface area (TPSA) is 57.6 Å². The standard InChI is InChI=1S/C16H21NO3/c1-16(2,10-15(19)20)7-6-11-4-5-13-12(8-11)9-14(18)17(13)3/h4-5,8H,6-7,9-10H2,1-3H3,(H,19,20). The first-order valence-corrected chi connectivity index (χ1v) is 6.89. The molecule has 0 unspecified atom stereocenters. The monoisotopic (exact) mass is 275 g/mol. The van der Waals surface area contributed by atoms with E-state index in [0.29, 0.717) is 6.42 Å². The van der Waals surface area contributed by atoms with Gasteiger partial charge in [0.2, 0.25) is 5.91 Å². The minimum Gasteiger partial charge on any atom is -0.481 e. The predicted octanol–water partition coefficient (Wildman–Crippen LogP) is 2.64. The second-order valence-corrected chi connectivity index (χ2v) is 6.33. The van der Waals surface area contributed by atoms with Crippen LogP contribution in [0, 0.1) is 5.41 Å². The number of likely N-dealkylation sites (N-methyl/N-ethyl adjacent to an activating group) is 1. The number of hydrogen-bond donors (Lipinski definition) is 1. The predicted molar refractivity (Wildman–Crippen MR) is 77.9 cm³/mol. The average molecular weight is 275 g/mol. The van der Waals surface area contributed by atoms with Gasteiger partial charge in [-0.2, -0.15) is 0 Å². The van der Waals surface area contributed by atoms with E-state index in [9.17, 15) is 9.59 Å². The first kappa shape index (κ1) is 14.6. The van der Waals surface area contributed by atoms with Crippen molar-refractivity contribution in [1.82, 2.24) is 0 Å². The van der Waals surface area contributed by atoms with Gasteiger partial charge in [-0.05, 0) is 35.4 Å². The van der Waals surface area contributed by atoms with Crippen LogP contribution in [0.1, 0.15) is 37.8 Å². The third kappa shape index (κ3) is 3.18. The van der Waals surface area contributed by atoms with E-state index in [1.54, 1.807) is 11.9 Å². The van der Waals surface area contributed by atoms with Gasteiger partial charge in [-0.3, -0.25) is 9.59 Å². The van der Waals surface area contributed by atoms with Crippen LogP contribution in [0.2, 0.25) is 0 Å². The molecular weight excluding hydrogens is 254 g/mol. The molecule has 1 aromatic rings. The molecule has 0 radical (unpaired) electrons. The summed E-state index contributed by atoms with van der Waals surface area (Å²) in [6.07, 6.45) is 2.31. The van der Waals surface area contributed by atoms with Gasteiger partial charge >= 0.3 is 5.97 Å². The zero-order valence-corrected chi connectivity index (χ0v) is 12.3. The number of hydrogen-bond acceptors (Lipinski definition) is 2. The molecule has 4 heteroatoms. The largest absolute Gasteiger partial charge is 0.481 e. The molecule has 0 spiro atoms. The molecular formula is C16H21NO3. The van der Waals surface area contributed by atoms with Crippen LogP contribution in [0.5, 0.6) is 0 Å². The minimum absolute atomic E-state index is 0.128. The highest BCUT2D eigenvalue weighted by atomic mass is 16.4. The number of carboxylic acids is 1. The summed E-state index contributed by atoms with van der Waals surface area (Å²) in [5.41, 5.74) is 3.03. The SMILES string of the molecule is CN1C(=O)Cc2cc(CCC(C)(C)CC(=O)O)ccc21. The van der Waals surface area contributed by atoms with Crippen LogP contribution in [0.25, 0.3) is 0 Å². The van der Waals surface area contributed by atoms with Crippen molar-refractivity contribution in [2.75, 3.05) is 11.9 Å². The molecule has 0 saturated heterocycles. The highest BCUT2D eigenvalue weighted by molar-refractivity contribution is 6.00. The van der Waals surface area contributed by atoms with Crippen molar-refractivity contribution in [3.05, 3.63) is 29.3 Å². The number of carbonyl (C=O) groups excluding carboxylic acids is 1. The van der Waals surface area contributed by atoms with Crippen LogP contribution >= 0.6 is 0 Å². The molecule has 0 bridgehead atoms. The summed E-state index contributed by atoms with van der Waals surface area (Å²) in [4.78, 5) is 24.1. The van der Waals surface area contributed by atoms with Crippen molar-refractivity contribution >= 4 is 17.6 Å². The molecule has 1 aliphatic heterocycles. The number of carbonyl (C=O) groups is 2. The van der Waals surface area contributed by atoms with Crippen molar-refractivity contribution in [2.45, 2.75) is 39.5 Å². The zero-order valence-electron chi connectivity index (χ0n) is 12.3. The van der Waals surface area contributed by atoms with E-state index < -0.39 is 5.97 Å². The Morgan fingerprint density at radius 2 is 2.10 bits per heavy atom. The van der Waals surface area contributed by atoms with E-state index in [4.69, 9.17) is 5.11 Å². The first-order valence-electron chi connectivity index (χ1n) is 6.89. The molecule has 1 aliphatic rings. The lowest BCUT2D eigenvalue weighted by Gasteiger charge is -2.22. The van der Waals surface area contributed by atoms with Gasteiger partial charge in [-0.1, -0.05) is 26.0 Å². The molecule has 0 saturated carbocycles. The molecule has 2 rings (SSSR count). The second kappa shape index (κ2) is 5.27. The van der Waals surface area contributed by atoms with Crippen LogP contribution < -0.4 is 4.90 Å². The Labute approximate surface area is 119 Å². The van der Waals surface area contributed by atoms with Gasteiger partial charge < -0.3 is 10.0 Å².